The molecule has 0 saturated carbocycles. The number of urea groups is 1. The second-order valence-electron chi connectivity index (χ2n) is 7.87. The molecular formula is C24H24F6N2O6. The molecule has 2 amide bonds. The number of benzene rings is 2. The molecule has 0 aromatic heterocycles. The predicted molar refractivity (Wildman–Crippen MR) is 121 cm³/mol. The van der Waals surface area contributed by atoms with Crippen LogP contribution in [0, 0.1) is 6.92 Å². The van der Waals surface area contributed by atoms with Gasteiger partial charge in [-0.15, -0.1) is 0 Å². The van der Waals surface area contributed by atoms with Gasteiger partial charge in [0.05, 0.1) is 13.2 Å². The molecule has 8 nitrogen and oxygen atoms in total. The minimum absolute atomic E-state index is 0.168. The zero-order valence-electron chi connectivity index (χ0n) is 20.3. The lowest BCUT2D eigenvalue weighted by molar-refractivity contribution is -0.267. The Morgan fingerprint density at radius 2 is 1.37 bits per heavy atom. The highest BCUT2D eigenvalue weighted by Crippen LogP contribution is 2.42. The summed E-state index contributed by atoms with van der Waals surface area (Å²) in [4.78, 5) is 37.2. The number of rotatable bonds is 8. The maximum Gasteiger partial charge on any atom is 0.432 e. The van der Waals surface area contributed by atoms with Crippen molar-refractivity contribution in [1.82, 2.24) is 5.32 Å². The average Bonchev–Trinajstić information content (AvgIpc) is 2.82. The van der Waals surface area contributed by atoms with E-state index in [4.69, 9.17) is 0 Å². The van der Waals surface area contributed by atoms with Crippen LogP contribution in [0.3, 0.4) is 0 Å². The molecule has 0 heterocycles. The van der Waals surface area contributed by atoms with Crippen LogP contribution < -0.4 is 10.6 Å². The predicted octanol–water partition coefficient (Wildman–Crippen LogP) is 4.45. The number of amides is 2. The molecule has 0 bridgehead atoms. The number of alkyl halides is 6. The number of esters is 2. The fraction of sp³-hybridized carbons (Fsp3) is 0.375. The average molecular weight is 550 g/mol. The third-order valence-corrected chi connectivity index (χ3v) is 5.39. The Kier molecular flexibility index (Phi) is 9.04. The maximum atomic E-state index is 14.3. The van der Waals surface area contributed by atoms with Crippen LogP contribution in [0.25, 0.3) is 0 Å². The summed E-state index contributed by atoms with van der Waals surface area (Å²) >= 11 is 0. The molecule has 0 fully saturated rings. The molecule has 14 heteroatoms. The van der Waals surface area contributed by atoms with E-state index in [1.165, 1.54) is 39.0 Å². The largest absolute Gasteiger partial charge is 0.464 e. The number of hydrogen-bond acceptors (Lipinski definition) is 6. The maximum absolute atomic E-state index is 14.3. The van der Waals surface area contributed by atoms with Gasteiger partial charge >= 0.3 is 30.3 Å². The highest BCUT2D eigenvalue weighted by atomic mass is 19.4. The van der Waals surface area contributed by atoms with Gasteiger partial charge in [-0.25, -0.2) is 14.4 Å². The van der Waals surface area contributed by atoms with Crippen molar-refractivity contribution in [3.8, 4) is 0 Å². The molecule has 0 radical (unpaired) electrons. The van der Waals surface area contributed by atoms with Gasteiger partial charge in [-0.3, -0.25) is 0 Å². The van der Waals surface area contributed by atoms with E-state index in [2.05, 4.69) is 9.47 Å². The summed E-state index contributed by atoms with van der Waals surface area (Å²) in [6.45, 7) is 2.78. The fourth-order valence-electron chi connectivity index (χ4n) is 3.50. The molecule has 0 unspecified atom stereocenters. The number of carbonyl (C=O) groups excluding carboxylic acids is 3. The number of aryl methyl sites for hydroxylation is 1. The van der Waals surface area contributed by atoms with Crippen LogP contribution in [-0.2, 0) is 30.2 Å². The van der Waals surface area contributed by atoms with Gasteiger partial charge in [0.1, 0.15) is 0 Å². The van der Waals surface area contributed by atoms with Gasteiger partial charge in [-0.05, 0) is 38.0 Å². The lowest BCUT2D eigenvalue weighted by atomic mass is 9.89. The van der Waals surface area contributed by atoms with Crippen molar-refractivity contribution in [2.24, 2.45) is 0 Å². The number of hydrogen-bond donors (Lipinski definition) is 3. The van der Waals surface area contributed by atoms with E-state index in [0.717, 1.165) is 18.2 Å². The van der Waals surface area contributed by atoms with Crippen LogP contribution in [0.15, 0.2) is 48.5 Å². The number of ether oxygens (including phenoxy) is 2. The van der Waals surface area contributed by atoms with Crippen LogP contribution in [-0.4, -0.2) is 48.6 Å². The van der Waals surface area contributed by atoms with E-state index in [-0.39, 0.29) is 11.3 Å². The number of aliphatic hydroxyl groups is 1. The summed E-state index contributed by atoms with van der Waals surface area (Å²) in [5.41, 5.74) is -9.73. The zero-order chi connectivity index (χ0) is 28.9. The second-order valence-corrected chi connectivity index (χ2v) is 7.87. The molecule has 2 aromatic carbocycles. The molecule has 208 valence electrons. The first kappa shape index (κ1) is 30.4. The fourth-order valence-corrected chi connectivity index (χ4v) is 3.50. The van der Waals surface area contributed by atoms with Crippen molar-refractivity contribution < 1.29 is 55.3 Å². The molecule has 0 aliphatic rings. The van der Waals surface area contributed by atoms with Crippen LogP contribution in [0.1, 0.15) is 30.5 Å². The van der Waals surface area contributed by atoms with Gasteiger partial charge in [0.2, 0.25) is 0 Å². The van der Waals surface area contributed by atoms with Gasteiger partial charge in [0, 0.05) is 11.3 Å². The first-order chi connectivity index (χ1) is 17.6. The summed E-state index contributed by atoms with van der Waals surface area (Å²) in [6, 6.07) is 6.36. The number of nitrogens with one attached hydrogen (secondary N) is 2. The van der Waals surface area contributed by atoms with E-state index >= 15 is 0 Å². The Morgan fingerprint density at radius 3 is 1.84 bits per heavy atom. The Morgan fingerprint density at radius 1 is 0.816 bits per heavy atom. The topological polar surface area (TPSA) is 114 Å². The van der Waals surface area contributed by atoms with Gasteiger partial charge in [0.25, 0.3) is 11.1 Å². The van der Waals surface area contributed by atoms with Gasteiger partial charge < -0.3 is 25.2 Å². The summed E-state index contributed by atoms with van der Waals surface area (Å²) in [5, 5.41) is 13.9. The zero-order valence-corrected chi connectivity index (χ0v) is 20.3. The van der Waals surface area contributed by atoms with Crippen LogP contribution >= 0.6 is 0 Å². The van der Waals surface area contributed by atoms with Crippen molar-refractivity contribution >= 4 is 23.7 Å². The van der Waals surface area contributed by atoms with E-state index in [1.54, 1.807) is 5.32 Å². The first-order valence-electron chi connectivity index (χ1n) is 11.0. The molecule has 3 N–H and O–H groups in total. The summed E-state index contributed by atoms with van der Waals surface area (Å²) < 4.78 is 92.8. The molecular weight excluding hydrogens is 526 g/mol. The van der Waals surface area contributed by atoms with Gasteiger partial charge in [-0.1, -0.05) is 42.5 Å². The Bertz CT molecular complexity index is 1170. The molecule has 2 rings (SSSR count). The van der Waals surface area contributed by atoms with Crippen LogP contribution in [0.2, 0.25) is 0 Å². The van der Waals surface area contributed by atoms with Crippen LogP contribution in [0.5, 0.6) is 0 Å². The SMILES string of the molecule is CCOC(=O)[C@](O)(c1ccc(NC(=O)N[C@@](C(=O)OCC)(c2ccccc2)C(F)(F)F)c(C)c1)C(F)(F)F. The Balaban J connectivity index is 2.48. The van der Waals surface area contributed by atoms with E-state index < -0.39 is 65.8 Å². The van der Waals surface area contributed by atoms with Crippen molar-refractivity contribution in [2.75, 3.05) is 18.5 Å². The smallest absolute Gasteiger partial charge is 0.432 e. The molecule has 0 spiro atoms. The van der Waals surface area contributed by atoms with Gasteiger partial charge in [-0.2, -0.15) is 26.3 Å². The Labute approximate surface area is 212 Å². The summed E-state index contributed by atoms with van der Waals surface area (Å²) in [6.07, 6.45) is -10.9. The van der Waals surface area contributed by atoms with Crippen molar-refractivity contribution in [3.05, 3.63) is 65.2 Å². The van der Waals surface area contributed by atoms with Crippen LogP contribution in [0.4, 0.5) is 36.8 Å². The van der Waals surface area contributed by atoms with Crippen molar-refractivity contribution in [3.63, 3.8) is 0 Å². The third-order valence-electron chi connectivity index (χ3n) is 5.39. The summed E-state index contributed by atoms with van der Waals surface area (Å²) in [7, 11) is 0. The highest BCUT2D eigenvalue weighted by Gasteiger charge is 2.64. The molecule has 0 saturated heterocycles. The standard InChI is InChI=1S/C24H24F6N2O6/c1-4-37-18(33)21(23(25,26)27,15-9-7-6-8-10-15)32-20(35)31-17-12-11-16(13-14(17)3)22(36,24(28,29)30)19(34)38-5-2/h6-13,36H,4-5H2,1-3H3,(H2,31,32,35)/t21-,22-/m1/s1. The lowest BCUT2D eigenvalue weighted by Gasteiger charge is -2.34. The van der Waals surface area contributed by atoms with Crippen molar-refractivity contribution in [2.45, 2.75) is 44.3 Å². The van der Waals surface area contributed by atoms with E-state index in [1.807, 2.05) is 5.32 Å². The van der Waals surface area contributed by atoms with E-state index in [9.17, 15) is 45.8 Å². The third kappa shape index (κ3) is 5.69. The quantitative estimate of drug-likeness (QED) is 0.331. The lowest BCUT2D eigenvalue weighted by Crippen LogP contribution is -2.62. The monoisotopic (exact) mass is 550 g/mol. The molecule has 2 atom stereocenters. The molecule has 2 aromatic rings. The molecule has 0 aliphatic carbocycles. The van der Waals surface area contributed by atoms with Crippen molar-refractivity contribution in [1.29, 1.82) is 0 Å². The highest BCUT2D eigenvalue weighted by molar-refractivity contribution is 5.96. The van der Waals surface area contributed by atoms with E-state index in [0.29, 0.717) is 12.1 Å². The number of halogens is 6. The number of carbonyl (C=O) groups is 3. The van der Waals surface area contributed by atoms with Gasteiger partial charge in [0.15, 0.2) is 0 Å². The minimum Gasteiger partial charge on any atom is -0.464 e. The first-order valence-corrected chi connectivity index (χ1v) is 11.0. The Hall–Kier alpha value is -3.81. The normalized spacial score (nSPS) is 15.0. The molecule has 38 heavy (non-hydrogen) atoms. The minimum atomic E-state index is -5.49. The number of anilines is 1. The summed E-state index contributed by atoms with van der Waals surface area (Å²) in [5.74, 6) is -3.80. The second kappa shape index (κ2) is 11.3. The molecule has 0 aliphatic heterocycles.